The fraction of sp³-hybridized carbons (Fsp3) is 0.565. The molecule has 4 heteroatoms. The van der Waals surface area contributed by atoms with Gasteiger partial charge in [-0.2, -0.15) is 0 Å². The molecule has 1 aromatic rings. The number of aromatic hydroxyl groups is 2. The van der Waals surface area contributed by atoms with Crippen molar-refractivity contribution >= 4 is 12.1 Å². The van der Waals surface area contributed by atoms with Crippen LogP contribution in [0.1, 0.15) is 74.4 Å². The summed E-state index contributed by atoms with van der Waals surface area (Å²) in [6.07, 6.45) is 5.63. The minimum atomic E-state index is -0.314. The van der Waals surface area contributed by atoms with E-state index in [1.54, 1.807) is 6.92 Å². The zero-order valence-electron chi connectivity index (χ0n) is 17.0. The summed E-state index contributed by atoms with van der Waals surface area (Å²) >= 11 is 0. The second-order valence-electron chi connectivity index (χ2n) is 8.78. The van der Waals surface area contributed by atoms with E-state index in [1.807, 2.05) is 0 Å². The van der Waals surface area contributed by atoms with Crippen molar-refractivity contribution in [2.75, 3.05) is 0 Å². The molecule has 0 heterocycles. The molecule has 0 aromatic heterocycles. The molecule has 0 amide bonds. The largest absolute Gasteiger partial charge is 0.508 e. The van der Waals surface area contributed by atoms with Gasteiger partial charge in [0.1, 0.15) is 11.5 Å². The van der Waals surface area contributed by atoms with E-state index in [4.69, 9.17) is 0 Å². The number of carbonyl (C=O) groups is 2. The van der Waals surface area contributed by atoms with Gasteiger partial charge in [0.2, 0.25) is 0 Å². The Morgan fingerprint density at radius 3 is 2.63 bits per heavy atom. The number of carbonyl (C=O) groups excluding carboxylic acids is 2. The van der Waals surface area contributed by atoms with Crippen LogP contribution >= 0.6 is 0 Å². The molecule has 2 N–H and O–H groups in total. The molecule has 2 rings (SSSR count). The normalized spacial score (nSPS) is 21.6. The Morgan fingerprint density at radius 1 is 1.37 bits per heavy atom. The molecule has 0 unspecified atom stereocenters. The lowest BCUT2D eigenvalue weighted by molar-refractivity contribution is -0.115. The number of rotatable bonds is 7. The highest BCUT2D eigenvalue weighted by molar-refractivity contribution is 5.97. The van der Waals surface area contributed by atoms with Crippen molar-refractivity contribution in [2.45, 2.75) is 66.2 Å². The number of ketones is 1. The number of allylic oxidation sites excluding steroid dienone is 1. The van der Waals surface area contributed by atoms with E-state index in [0.717, 1.165) is 6.42 Å². The minimum absolute atomic E-state index is 0.0974. The molecule has 0 spiro atoms. The number of Topliss-reactive ketones (excluding diaryl/α,β-unsaturated/α-hetero) is 1. The highest BCUT2D eigenvalue weighted by Gasteiger charge is 2.36. The zero-order chi connectivity index (χ0) is 20.4. The first-order valence-electron chi connectivity index (χ1n) is 9.79. The lowest BCUT2D eigenvalue weighted by Crippen LogP contribution is -2.33. The van der Waals surface area contributed by atoms with E-state index in [1.165, 1.54) is 25.3 Å². The van der Waals surface area contributed by atoms with Crippen LogP contribution in [-0.2, 0) is 11.2 Å². The molecule has 0 radical (unpaired) electrons. The Labute approximate surface area is 162 Å². The van der Waals surface area contributed by atoms with Crippen LogP contribution in [-0.4, -0.2) is 22.3 Å². The summed E-state index contributed by atoms with van der Waals surface area (Å²) in [5, 5.41) is 20.3. The lowest BCUT2D eigenvalue weighted by Gasteiger charge is -2.43. The summed E-state index contributed by atoms with van der Waals surface area (Å²) in [7, 11) is 0. The lowest BCUT2D eigenvalue weighted by atomic mass is 9.62. The van der Waals surface area contributed by atoms with Crippen LogP contribution in [0, 0.1) is 24.2 Å². The van der Waals surface area contributed by atoms with Crippen molar-refractivity contribution in [3.8, 4) is 11.5 Å². The van der Waals surface area contributed by atoms with E-state index < -0.39 is 0 Å². The number of phenols is 2. The highest BCUT2D eigenvalue weighted by atomic mass is 16.3. The predicted molar refractivity (Wildman–Crippen MR) is 107 cm³/mol. The number of hydrogen-bond donors (Lipinski definition) is 2. The molecular weight excluding hydrogens is 340 g/mol. The second-order valence-corrected chi connectivity index (χ2v) is 8.78. The van der Waals surface area contributed by atoms with Gasteiger partial charge in [0.15, 0.2) is 12.1 Å². The molecular formula is C23H32O4. The van der Waals surface area contributed by atoms with Crippen molar-refractivity contribution in [1.29, 1.82) is 0 Å². The van der Waals surface area contributed by atoms with Crippen LogP contribution in [0.3, 0.4) is 0 Å². The van der Waals surface area contributed by atoms with Gasteiger partial charge in [-0.3, -0.25) is 9.59 Å². The average molecular weight is 373 g/mol. The summed E-state index contributed by atoms with van der Waals surface area (Å²) < 4.78 is 0. The minimum Gasteiger partial charge on any atom is -0.508 e. The van der Waals surface area contributed by atoms with Crippen LogP contribution in [0.25, 0.3) is 0 Å². The van der Waals surface area contributed by atoms with Crippen LogP contribution in [0.15, 0.2) is 18.2 Å². The number of benzene rings is 1. The summed E-state index contributed by atoms with van der Waals surface area (Å²) in [6.45, 7) is 12.5. The molecule has 0 saturated heterocycles. The number of phenolic OH excluding ortho intramolecular Hbond substituents is 2. The van der Waals surface area contributed by atoms with Crippen LogP contribution < -0.4 is 0 Å². The summed E-state index contributed by atoms with van der Waals surface area (Å²) in [5.41, 5.74) is 1.46. The van der Waals surface area contributed by atoms with Gasteiger partial charge in [-0.15, -0.1) is 0 Å². The molecule has 1 saturated carbocycles. The van der Waals surface area contributed by atoms with Gasteiger partial charge in [-0.05, 0) is 60.6 Å². The molecule has 27 heavy (non-hydrogen) atoms. The van der Waals surface area contributed by atoms with E-state index in [2.05, 4.69) is 27.4 Å². The van der Waals surface area contributed by atoms with Gasteiger partial charge in [-0.25, -0.2) is 0 Å². The van der Waals surface area contributed by atoms with Crippen LogP contribution in [0.4, 0.5) is 0 Å². The maximum absolute atomic E-state index is 12.6. The molecule has 0 bridgehead atoms. The summed E-state index contributed by atoms with van der Waals surface area (Å²) in [5.74, 6) is 0.502. The smallest absolute Gasteiger partial charge is 0.162 e. The molecule has 1 aliphatic carbocycles. The van der Waals surface area contributed by atoms with E-state index >= 15 is 0 Å². The van der Waals surface area contributed by atoms with Gasteiger partial charge in [0.05, 0.1) is 5.56 Å². The Kier molecular flexibility index (Phi) is 6.50. The SMILES string of the molecule is C=C(CC[C@H]1[C@@H](C)CCCC1(C)C)C(=O)Cc1c(O)cc(C)c(C=O)c1O. The number of aryl methyl sites for hydroxylation is 1. The number of hydrogen-bond acceptors (Lipinski definition) is 4. The molecule has 1 aliphatic rings. The molecule has 148 valence electrons. The standard InChI is InChI=1S/C23H32O4/c1-14-7-6-10-23(4,5)19(14)9-8-15(2)20(25)12-17-21(26)11-16(3)18(13-24)22(17)27/h11,13-14,19,26-27H,2,6-10,12H2,1,3-5H3/t14-,19-/m0/s1. The Hall–Kier alpha value is -2.10. The first-order chi connectivity index (χ1) is 12.6. The third kappa shape index (κ3) is 4.60. The van der Waals surface area contributed by atoms with Crippen molar-refractivity contribution in [1.82, 2.24) is 0 Å². The quantitative estimate of drug-likeness (QED) is 0.514. The van der Waals surface area contributed by atoms with E-state index in [0.29, 0.717) is 35.7 Å². The first-order valence-corrected chi connectivity index (χ1v) is 9.79. The Bertz CT molecular complexity index is 745. The van der Waals surface area contributed by atoms with Crippen LogP contribution in [0.5, 0.6) is 11.5 Å². The molecule has 0 aliphatic heterocycles. The molecule has 1 fully saturated rings. The maximum Gasteiger partial charge on any atom is 0.162 e. The zero-order valence-corrected chi connectivity index (χ0v) is 17.0. The van der Waals surface area contributed by atoms with Gasteiger partial charge < -0.3 is 10.2 Å². The maximum atomic E-state index is 12.6. The van der Waals surface area contributed by atoms with Crippen molar-refractivity contribution in [3.05, 3.63) is 34.9 Å². The average Bonchev–Trinajstić information content (AvgIpc) is 2.57. The predicted octanol–water partition coefficient (Wildman–Crippen LogP) is 5.13. The van der Waals surface area contributed by atoms with Gasteiger partial charge in [-0.1, -0.05) is 40.2 Å². The molecule has 2 atom stereocenters. The third-order valence-corrected chi connectivity index (χ3v) is 6.41. The van der Waals surface area contributed by atoms with Gasteiger partial charge in [0, 0.05) is 12.0 Å². The highest BCUT2D eigenvalue weighted by Crippen LogP contribution is 2.46. The second kappa shape index (κ2) is 8.28. The molecule has 4 nitrogen and oxygen atoms in total. The first kappa shape index (κ1) is 21.2. The van der Waals surface area contributed by atoms with Gasteiger partial charge in [0.25, 0.3) is 0 Å². The van der Waals surface area contributed by atoms with Crippen molar-refractivity contribution in [2.24, 2.45) is 17.3 Å². The van der Waals surface area contributed by atoms with Crippen LogP contribution in [0.2, 0.25) is 0 Å². The third-order valence-electron chi connectivity index (χ3n) is 6.41. The number of aldehydes is 1. The van der Waals surface area contributed by atoms with E-state index in [9.17, 15) is 19.8 Å². The fourth-order valence-electron chi connectivity index (χ4n) is 4.63. The fourth-order valence-corrected chi connectivity index (χ4v) is 4.63. The van der Waals surface area contributed by atoms with Crippen molar-refractivity contribution < 1.29 is 19.8 Å². The van der Waals surface area contributed by atoms with Crippen molar-refractivity contribution in [3.63, 3.8) is 0 Å². The Morgan fingerprint density at radius 2 is 2.04 bits per heavy atom. The van der Waals surface area contributed by atoms with E-state index in [-0.39, 0.29) is 40.2 Å². The Balaban J connectivity index is 2.06. The topological polar surface area (TPSA) is 74.6 Å². The molecule has 1 aromatic carbocycles. The summed E-state index contributed by atoms with van der Waals surface area (Å²) in [6, 6.07) is 1.40. The monoisotopic (exact) mass is 372 g/mol. The van der Waals surface area contributed by atoms with Gasteiger partial charge >= 0.3 is 0 Å². The summed E-state index contributed by atoms with van der Waals surface area (Å²) in [4.78, 5) is 23.8.